The molecule has 0 spiro atoms. The molecule has 6 rings (SSSR count). The second-order valence-electron chi connectivity index (χ2n) is 9.23. The van der Waals surface area contributed by atoms with E-state index < -0.39 is 0 Å². The van der Waals surface area contributed by atoms with Crippen molar-refractivity contribution in [2.75, 3.05) is 0 Å². The van der Waals surface area contributed by atoms with Crippen molar-refractivity contribution in [1.29, 1.82) is 0 Å². The quantitative estimate of drug-likeness (QED) is 0.180. The van der Waals surface area contributed by atoms with Crippen molar-refractivity contribution in [2.24, 2.45) is 0 Å². The Morgan fingerprint density at radius 3 is 1.33 bits per heavy atom. The van der Waals surface area contributed by atoms with Crippen LogP contribution in [0.5, 0.6) is 0 Å². The fraction of sp³-hybridized carbons (Fsp3) is 0. The Labute approximate surface area is 241 Å². The monoisotopic (exact) mass is 583 g/mol. The second-order valence-corrected chi connectivity index (χ2v) is 12.6. The van der Waals surface area contributed by atoms with E-state index in [1.807, 2.05) is 11.8 Å². The molecule has 0 radical (unpaired) electrons. The van der Waals surface area contributed by atoms with Crippen molar-refractivity contribution in [2.45, 2.75) is 0 Å². The van der Waals surface area contributed by atoms with Crippen LogP contribution in [-0.2, 0) is 0 Å². The Morgan fingerprint density at radius 1 is 0.487 bits per heavy atom. The fourth-order valence-electron chi connectivity index (χ4n) is 4.49. The Bertz CT molecular complexity index is 1570. The average Bonchev–Trinajstić information content (AvgIpc) is 3.02. The average molecular weight is 583 g/mol. The van der Waals surface area contributed by atoms with Gasteiger partial charge >= 0.3 is 230 Å². The topological polar surface area (TPSA) is 0 Å². The van der Waals surface area contributed by atoms with Crippen molar-refractivity contribution in [3.05, 3.63) is 180 Å². The van der Waals surface area contributed by atoms with Crippen LogP contribution in [-0.4, -0.2) is 14.5 Å². The molecule has 0 saturated carbocycles. The number of rotatable bonds is 6. The number of hydrogen-bond donors (Lipinski definition) is 0. The summed E-state index contributed by atoms with van der Waals surface area (Å²) in [5, 5.41) is 0. The third-order valence-electron chi connectivity index (χ3n) is 6.44. The van der Waals surface area contributed by atoms with Crippen LogP contribution in [0.15, 0.2) is 163 Å². The maximum atomic E-state index is 2.35. The van der Waals surface area contributed by atoms with Gasteiger partial charge < -0.3 is 0 Å². The van der Waals surface area contributed by atoms with Crippen LogP contribution in [0.1, 0.15) is 16.7 Å². The first-order chi connectivity index (χ1) is 19.3. The summed E-state index contributed by atoms with van der Waals surface area (Å²) in [7, 11) is 0. The van der Waals surface area contributed by atoms with E-state index in [-0.39, 0.29) is 14.5 Å². The molecule has 0 fully saturated rings. The van der Waals surface area contributed by atoms with E-state index in [2.05, 4.69) is 164 Å². The number of benzene rings is 4. The van der Waals surface area contributed by atoms with E-state index in [9.17, 15) is 0 Å². The van der Waals surface area contributed by atoms with Gasteiger partial charge in [0, 0.05) is 0 Å². The van der Waals surface area contributed by atoms with Gasteiger partial charge in [-0.25, -0.2) is 0 Å². The minimum atomic E-state index is 0.250. The molecule has 1 aromatic heterocycles. The van der Waals surface area contributed by atoms with E-state index >= 15 is 0 Å². The number of thioether (sulfide) groups is 1. The molecule has 1 aliphatic rings. The summed E-state index contributed by atoms with van der Waals surface area (Å²) in [6, 6.07) is 47.6. The summed E-state index contributed by atoms with van der Waals surface area (Å²) in [5.41, 5.74) is 7.52. The Balaban J connectivity index is 1.37. The predicted molar refractivity (Wildman–Crippen MR) is 172 cm³/mol. The van der Waals surface area contributed by atoms with Gasteiger partial charge in [-0.2, -0.15) is 0 Å². The van der Waals surface area contributed by atoms with Crippen LogP contribution in [0.3, 0.4) is 0 Å². The molecule has 2 heteroatoms. The van der Waals surface area contributed by atoms with Gasteiger partial charge in [-0.05, 0) is 0 Å². The normalized spacial score (nSPS) is 13.2. The molecule has 0 saturated heterocycles. The molecule has 2 heterocycles. The third-order valence-corrected chi connectivity index (χ3v) is 9.99. The van der Waals surface area contributed by atoms with E-state index in [0.29, 0.717) is 0 Å². The van der Waals surface area contributed by atoms with Crippen molar-refractivity contribution >= 4 is 42.2 Å². The molecule has 0 nitrogen and oxygen atoms in total. The van der Waals surface area contributed by atoms with Gasteiger partial charge in [0.05, 0.1) is 0 Å². The van der Waals surface area contributed by atoms with Gasteiger partial charge in [0.2, 0.25) is 0 Å². The van der Waals surface area contributed by atoms with E-state index in [0.717, 1.165) is 0 Å². The molecule has 39 heavy (non-hydrogen) atoms. The van der Waals surface area contributed by atoms with E-state index in [1.54, 1.807) is 0 Å². The first kappa shape index (κ1) is 25.3. The zero-order valence-electron chi connectivity index (χ0n) is 21.4. The van der Waals surface area contributed by atoms with Crippen molar-refractivity contribution in [1.82, 2.24) is 0 Å². The van der Waals surface area contributed by atoms with Crippen molar-refractivity contribution in [3.63, 3.8) is 0 Å². The van der Waals surface area contributed by atoms with Gasteiger partial charge in [-0.15, -0.1) is 0 Å². The zero-order valence-corrected chi connectivity index (χ0v) is 23.9. The van der Waals surface area contributed by atoms with Gasteiger partial charge in [0.1, 0.15) is 0 Å². The molecule has 0 amide bonds. The van der Waals surface area contributed by atoms with Crippen molar-refractivity contribution < 1.29 is 0 Å². The van der Waals surface area contributed by atoms with Gasteiger partial charge in [-0.3, -0.25) is 0 Å². The molecule has 186 valence electrons. The molecule has 5 aromatic rings. The van der Waals surface area contributed by atoms with Crippen LogP contribution in [0.2, 0.25) is 0 Å². The van der Waals surface area contributed by atoms with Crippen LogP contribution >= 0.6 is 11.8 Å². The van der Waals surface area contributed by atoms with Crippen LogP contribution in [0.25, 0.3) is 35.9 Å². The molecule has 0 N–H and O–H groups in total. The SMILES string of the molecule is C(/C=C/c1cc(-c2ccccc2)[se+]c(-c2ccccc2)c1)=C1C=C(c2ccccc2)SC(c2ccccc2)=C1. The molecule has 1 aliphatic heterocycles. The number of allylic oxidation sites excluding steroid dienone is 5. The third kappa shape index (κ3) is 6.38. The Kier molecular flexibility index (Phi) is 7.98. The molecule has 0 aliphatic carbocycles. The minimum absolute atomic E-state index is 0.250. The summed E-state index contributed by atoms with van der Waals surface area (Å²) in [5.74, 6) is 0. The Hall–Kier alpha value is -3.94. The second kappa shape index (κ2) is 12.3. The molecule has 0 unspecified atom stereocenters. The van der Waals surface area contributed by atoms with Gasteiger partial charge in [-0.1, -0.05) is 12.1 Å². The Morgan fingerprint density at radius 2 is 0.897 bits per heavy atom. The standard InChI is InChI=1S/C37H27SSe/c1-5-16-30(17-6-1)34-24-28(25-35(38-34)31-18-7-2-8-19-31)14-13-15-29-26-36(32-20-9-3-10-21-32)39-37(27-29)33-22-11-4-12-23-33/h1-27H/q+1/b15-13+. The van der Waals surface area contributed by atoms with Crippen LogP contribution in [0, 0.1) is 0 Å². The predicted octanol–water partition coefficient (Wildman–Crippen LogP) is 10.1. The van der Waals surface area contributed by atoms with Gasteiger partial charge in [0.15, 0.2) is 0 Å². The first-order valence-electron chi connectivity index (χ1n) is 13.0. The molecule has 0 bridgehead atoms. The molecule has 0 atom stereocenters. The first-order valence-corrected chi connectivity index (χ1v) is 15.5. The van der Waals surface area contributed by atoms with E-state index in [4.69, 9.17) is 0 Å². The summed E-state index contributed by atoms with van der Waals surface area (Å²) in [6.07, 6.45) is 11.2. The van der Waals surface area contributed by atoms with E-state index in [1.165, 1.54) is 52.1 Å². The molecular formula is C37H27SSe+. The summed E-state index contributed by atoms with van der Waals surface area (Å²) < 4.78 is 2.81. The maximum absolute atomic E-state index is 2.35. The van der Waals surface area contributed by atoms with Crippen LogP contribution < -0.4 is 0 Å². The van der Waals surface area contributed by atoms with Crippen molar-refractivity contribution in [3.8, 4) is 20.0 Å². The van der Waals surface area contributed by atoms with Crippen LogP contribution in [0.4, 0.5) is 0 Å². The molecule has 4 aromatic carbocycles. The number of hydrogen-bond acceptors (Lipinski definition) is 1. The summed E-state index contributed by atoms with van der Waals surface area (Å²) >= 11 is 2.08. The fourth-order valence-corrected chi connectivity index (χ4v) is 8.00. The summed E-state index contributed by atoms with van der Waals surface area (Å²) in [6.45, 7) is 0. The summed E-state index contributed by atoms with van der Waals surface area (Å²) in [4.78, 5) is 2.53. The molecular weight excluding hydrogens is 555 g/mol. The zero-order chi connectivity index (χ0) is 26.3. The van der Waals surface area contributed by atoms with Gasteiger partial charge in [0.25, 0.3) is 0 Å².